The molecule has 1 aromatic carbocycles. The van der Waals surface area contributed by atoms with Crippen LogP contribution in [0.3, 0.4) is 0 Å². The molecule has 0 saturated carbocycles. The average Bonchev–Trinajstić information content (AvgIpc) is 2.93. The van der Waals surface area contributed by atoms with Crippen molar-refractivity contribution in [3.63, 3.8) is 0 Å². The van der Waals surface area contributed by atoms with Crippen LogP contribution in [-0.4, -0.2) is 26.0 Å². The minimum Gasteiger partial charge on any atom is -0.336 e. The summed E-state index contributed by atoms with van der Waals surface area (Å²) in [5, 5.41) is 1.23. The van der Waals surface area contributed by atoms with Crippen molar-refractivity contribution in [2.45, 2.75) is 33.0 Å². The normalized spacial score (nSPS) is 14.4. The zero-order chi connectivity index (χ0) is 17.4. The van der Waals surface area contributed by atoms with Gasteiger partial charge in [0.15, 0.2) is 0 Å². The van der Waals surface area contributed by atoms with E-state index in [0.29, 0.717) is 18.9 Å². The van der Waals surface area contributed by atoms with E-state index in [0.717, 1.165) is 30.8 Å². The Balaban J connectivity index is 1.64. The number of hydrogen-bond donors (Lipinski definition) is 1. The standard InChI is InChI=1S/C20H20N4O/c1-3-9-24-12-15(16-6-4-5-7-19(16)24)11-23-10-8-17-18(13-23)21-14(2)22-20(17)25/h1,4-7,12H,8-11,13H2,2H3,(H,21,22,25). The van der Waals surface area contributed by atoms with Gasteiger partial charge < -0.3 is 9.55 Å². The molecule has 0 unspecified atom stereocenters. The van der Waals surface area contributed by atoms with E-state index in [1.54, 1.807) is 0 Å². The Morgan fingerprint density at radius 1 is 1.36 bits per heavy atom. The predicted molar refractivity (Wildman–Crippen MR) is 98.2 cm³/mol. The molecule has 5 heteroatoms. The van der Waals surface area contributed by atoms with Crippen molar-refractivity contribution in [3.05, 3.63) is 63.5 Å². The van der Waals surface area contributed by atoms with Crippen LogP contribution < -0.4 is 5.56 Å². The van der Waals surface area contributed by atoms with E-state index in [4.69, 9.17) is 6.42 Å². The van der Waals surface area contributed by atoms with Crippen molar-refractivity contribution in [1.29, 1.82) is 0 Å². The molecule has 126 valence electrons. The average molecular weight is 332 g/mol. The van der Waals surface area contributed by atoms with E-state index in [2.05, 4.69) is 49.8 Å². The number of nitrogens with one attached hydrogen (secondary N) is 1. The third-order valence-electron chi connectivity index (χ3n) is 4.80. The van der Waals surface area contributed by atoms with Crippen LogP contribution >= 0.6 is 0 Å². The van der Waals surface area contributed by atoms with Gasteiger partial charge >= 0.3 is 0 Å². The summed E-state index contributed by atoms with van der Waals surface area (Å²) >= 11 is 0. The second kappa shape index (κ2) is 6.23. The topological polar surface area (TPSA) is 53.9 Å². The molecule has 5 nitrogen and oxygen atoms in total. The Hall–Kier alpha value is -2.84. The Morgan fingerprint density at radius 3 is 3.04 bits per heavy atom. The van der Waals surface area contributed by atoms with E-state index in [1.807, 2.05) is 13.0 Å². The number of aromatic nitrogens is 3. The highest BCUT2D eigenvalue weighted by Gasteiger charge is 2.21. The van der Waals surface area contributed by atoms with Gasteiger partial charge in [-0.05, 0) is 25.0 Å². The molecule has 0 spiro atoms. The van der Waals surface area contributed by atoms with Crippen LogP contribution in [0, 0.1) is 19.3 Å². The molecule has 3 aromatic rings. The quantitative estimate of drug-likeness (QED) is 0.748. The molecule has 0 radical (unpaired) electrons. The van der Waals surface area contributed by atoms with Gasteiger partial charge in [0.25, 0.3) is 5.56 Å². The number of aryl methyl sites for hydroxylation is 1. The third-order valence-corrected chi connectivity index (χ3v) is 4.80. The maximum atomic E-state index is 12.1. The van der Waals surface area contributed by atoms with Crippen molar-refractivity contribution in [2.24, 2.45) is 0 Å². The van der Waals surface area contributed by atoms with Gasteiger partial charge in [-0.15, -0.1) is 6.42 Å². The summed E-state index contributed by atoms with van der Waals surface area (Å²) in [7, 11) is 0. The number of para-hydroxylation sites is 1. The number of hydrogen-bond acceptors (Lipinski definition) is 3. The minimum absolute atomic E-state index is 0.00720. The summed E-state index contributed by atoms with van der Waals surface area (Å²) in [5.74, 6) is 3.40. The largest absolute Gasteiger partial charge is 0.336 e. The van der Waals surface area contributed by atoms with Crippen molar-refractivity contribution in [2.75, 3.05) is 6.54 Å². The predicted octanol–water partition coefficient (Wildman–Crippen LogP) is 2.22. The Kier molecular flexibility index (Phi) is 3.90. The zero-order valence-corrected chi connectivity index (χ0v) is 14.2. The fourth-order valence-corrected chi connectivity index (χ4v) is 3.67. The van der Waals surface area contributed by atoms with Crippen molar-refractivity contribution in [3.8, 4) is 12.3 Å². The first-order chi connectivity index (χ1) is 12.2. The van der Waals surface area contributed by atoms with Crippen molar-refractivity contribution >= 4 is 10.9 Å². The molecule has 4 rings (SSSR count). The Morgan fingerprint density at radius 2 is 2.20 bits per heavy atom. The second-order valence-electron chi connectivity index (χ2n) is 6.54. The fraction of sp³-hybridized carbons (Fsp3) is 0.300. The van der Waals surface area contributed by atoms with Crippen molar-refractivity contribution < 1.29 is 0 Å². The lowest BCUT2D eigenvalue weighted by atomic mass is 10.1. The summed E-state index contributed by atoms with van der Waals surface area (Å²) in [6.45, 7) is 4.78. The maximum absolute atomic E-state index is 12.1. The van der Waals surface area contributed by atoms with Gasteiger partial charge in [-0.3, -0.25) is 9.69 Å². The molecule has 0 saturated heterocycles. The van der Waals surface area contributed by atoms with Crippen LogP contribution in [0.25, 0.3) is 10.9 Å². The first-order valence-corrected chi connectivity index (χ1v) is 8.47. The zero-order valence-electron chi connectivity index (χ0n) is 14.2. The van der Waals surface area contributed by atoms with E-state index in [1.165, 1.54) is 16.5 Å². The number of rotatable bonds is 3. The molecule has 25 heavy (non-hydrogen) atoms. The molecular formula is C20H20N4O. The van der Waals surface area contributed by atoms with E-state index < -0.39 is 0 Å². The van der Waals surface area contributed by atoms with E-state index >= 15 is 0 Å². The Labute approximate surface area is 146 Å². The number of H-pyrrole nitrogens is 1. The summed E-state index contributed by atoms with van der Waals surface area (Å²) in [6.07, 6.45) is 8.39. The molecule has 2 aromatic heterocycles. The monoisotopic (exact) mass is 332 g/mol. The molecule has 0 bridgehead atoms. The van der Waals surface area contributed by atoms with Gasteiger partial charge in [0.05, 0.1) is 12.2 Å². The van der Waals surface area contributed by atoms with Crippen LogP contribution in [-0.2, 0) is 26.1 Å². The van der Waals surface area contributed by atoms with Gasteiger partial charge in [-0.2, -0.15) is 0 Å². The van der Waals surface area contributed by atoms with Gasteiger partial charge in [0.1, 0.15) is 5.82 Å². The van der Waals surface area contributed by atoms with Gasteiger partial charge in [-0.1, -0.05) is 24.1 Å². The third kappa shape index (κ3) is 2.86. The van der Waals surface area contributed by atoms with Crippen LogP contribution in [0.1, 0.15) is 22.6 Å². The first kappa shape index (κ1) is 15.7. The van der Waals surface area contributed by atoms with Crippen LogP contribution in [0.15, 0.2) is 35.3 Å². The lowest BCUT2D eigenvalue weighted by molar-refractivity contribution is 0.241. The molecule has 1 aliphatic rings. The summed E-state index contributed by atoms with van der Waals surface area (Å²) in [4.78, 5) is 21.7. The SMILES string of the molecule is C#CCn1cc(CN2CCc3c(nc(C)[nH]c3=O)C2)c2ccccc21. The summed E-state index contributed by atoms with van der Waals surface area (Å²) in [6, 6.07) is 8.34. The lowest BCUT2D eigenvalue weighted by Gasteiger charge is -2.27. The van der Waals surface area contributed by atoms with Crippen LogP contribution in [0.5, 0.6) is 0 Å². The first-order valence-electron chi connectivity index (χ1n) is 8.47. The Bertz CT molecular complexity index is 1040. The van der Waals surface area contributed by atoms with Crippen molar-refractivity contribution in [1.82, 2.24) is 19.4 Å². The molecular weight excluding hydrogens is 312 g/mol. The molecule has 1 N–H and O–H groups in total. The molecule has 0 aliphatic carbocycles. The number of terminal acetylenes is 1. The van der Waals surface area contributed by atoms with Crippen LogP contribution in [0.2, 0.25) is 0 Å². The van der Waals surface area contributed by atoms with Gasteiger partial charge in [0, 0.05) is 42.3 Å². The molecule has 0 atom stereocenters. The summed E-state index contributed by atoms with van der Waals surface area (Å²) in [5.41, 5.74) is 4.17. The number of fused-ring (bicyclic) bond motifs is 2. The smallest absolute Gasteiger partial charge is 0.254 e. The van der Waals surface area contributed by atoms with E-state index in [9.17, 15) is 4.79 Å². The fourth-order valence-electron chi connectivity index (χ4n) is 3.67. The molecule has 0 amide bonds. The highest BCUT2D eigenvalue weighted by atomic mass is 16.1. The number of nitrogens with zero attached hydrogens (tertiary/aromatic N) is 3. The maximum Gasteiger partial charge on any atom is 0.254 e. The van der Waals surface area contributed by atoms with E-state index in [-0.39, 0.29) is 5.56 Å². The number of benzene rings is 1. The van der Waals surface area contributed by atoms with Gasteiger partial charge in [-0.25, -0.2) is 4.98 Å². The highest BCUT2D eigenvalue weighted by molar-refractivity contribution is 5.84. The molecule has 1 aliphatic heterocycles. The summed E-state index contributed by atoms with van der Waals surface area (Å²) < 4.78 is 2.12. The molecule has 3 heterocycles. The number of aromatic amines is 1. The lowest BCUT2D eigenvalue weighted by Crippen LogP contribution is -2.35. The highest BCUT2D eigenvalue weighted by Crippen LogP contribution is 2.24. The molecule has 0 fully saturated rings. The second-order valence-corrected chi connectivity index (χ2v) is 6.54. The van der Waals surface area contributed by atoms with Crippen LogP contribution in [0.4, 0.5) is 0 Å². The van der Waals surface area contributed by atoms with Gasteiger partial charge in [0.2, 0.25) is 0 Å². The minimum atomic E-state index is 0.00720.